The van der Waals surface area contributed by atoms with Crippen molar-refractivity contribution >= 4 is 39.4 Å². The van der Waals surface area contributed by atoms with Gasteiger partial charge < -0.3 is 15.0 Å². The number of ether oxygens (including phenoxy) is 1. The first kappa shape index (κ1) is 19.3. The number of esters is 1. The van der Waals surface area contributed by atoms with Gasteiger partial charge >= 0.3 is 5.97 Å². The smallest absolute Gasteiger partial charge is 0.309 e. The zero-order valence-electron chi connectivity index (χ0n) is 15.0. The van der Waals surface area contributed by atoms with Crippen LogP contribution >= 0.6 is 15.9 Å². The first-order valence-corrected chi connectivity index (χ1v) is 9.61. The molecular formula is C19H21BrN4O3. The SMILES string of the molecule is CC(OC(=O)C1CCN(c2ncccn2)CC1)C(=O)Nc1ccc(Br)cc1. The van der Waals surface area contributed by atoms with E-state index < -0.39 is 6.10 Å². The van der Waals surface area contributed by atoms with Gasteiger partial charge in [-0.05, 0) is 50.1 Å². The highest BCUT2D eigenvalue weighted by Gasteiger charge is 2.29. The van der Waals surface area contributed by atoms with E-state index in [1.807, 2.05) is 17.0 Å². The van der Waals surface area contributed by atoms with E-state index in [4.69, 9.17) is 4.74 Å². The number of anilines is 2. The molecule has 0 spiro atoms. The molecule has 1 unspecified atom stereocenters. The van der Waals surface area contributed by atoms with Gasteiger partial charge in [-0.2, -0.15) is 0 Å². The molecule has 8 heteroatoms. The maximum absolute atomic E-state index is 12.4. The molecule has 1 aromatic carbocycles. The molecule has 1 aliphatic heterocycles. The lowest BCUT2D eigenvalue weighted by Crippen LogP contribution is -2.39. The highest BCUT2D eigenvalue weighted by Crippen LogP contribution is 2.22. The fraction of sp³-hybridized carbons (Fsp3) is 0.368. The van der Waals surface area contributed by atoms with E-state index in [0.717, 1.165) is 4.47 Å². The highest BCUT2D eigenvalue weighted by atomic mass is 79.9. The molecule has 142 valence electrons. The number of halogens is 1. The van der Waals surface area contributed by atoms with E-state index in [9.17, 15) is 9.59 Å². The quantitative estimate of drug-likeness (QED) is 0.730. The number of piperidine rings is 1. The summed E-state index contributed by atoms with van der Waals surface area (Å²) in [7, 11) is 0. The van der Waals surface area contributed by atoms with Crippen LogP contribution in [0.5, 0.6) is 0 Å². The number of hydrogen-bond donors (Lipinski definition) is 1. The molecule has 1 atom stereocenters. The second kappa shape index (κ2) is 8.94. The minimum atomic E-state index is -0.850. The molecule has 1 aliphatic rings. The molecule has 1 saturated heterocycles. The summed E-state index contributed by atoms with van der Waals surface area (Å²) in [6.45, 7) is 2.95. The lowest BCUT2D eigenvalue weighted by Gasteiger charge is -2.31. The Hall–Kier alpha value is -2.48. The first-order chi connectivity index (χ1) is 13.0. The van der Waals surface area contributed by atoms with Crippen LogP contribution in [0.15, 0.2) is 47.2 Å². The Bertz CT molecular complexity index is 777. The Morgan fingerprint density at radius 2 is 1.81 bits per heavy atom. The standard InChI is InChI=1S/C19H21BrN4O3/c1-13(17(25)23-16-5-3-15(20)4-6-16)27-18(26)14-7-11-24(12-8-14)19-21-9-2-10-22-19/h2-6,9-10,13-14H,7-8,11-12H2,1H3,(H,23,25). The summed E-state index contributed by atoms with van der Waals surface area (Å²) >= 11 is 3.34. The average Bonchev–Trinajstić information content (AvgIpc) is 2.70. The molecular weight excluding hydrogens is 412 g/mol. The molecule has 1 N–H and O–H groups in total. The van der Waals surface area contributed by atoms with Gasteiger partial charge in [0.15, 0.2) is 6.10 Å². The third-order valence-corrected chi connectivity index (χ3v) is 4.97. The van der Waals surface area contributed by atoms with Crippen LogP contribution in [-0.2, 0) is 14.3 Å². The van der Waals surface area contributed by atoms with Gasteiger partial charge in [0.2, 0.25) is 5.95 Å². The summed E-state index contributed by atoms with van der Waals surface area (Å²) in [5, 5.41) is 2.74. The number of nitrogens with zero attached hydrogens (tertiary/aromatic N) is 3. The van der Waals surface area contributed by atoms with Crippen LogP contribution in [0.1, 0.15) is 19.8 Å². The topological polar surface area (TPSA) is 84.4 Å². The Morgan fingerprint density at radius 3 is 2.44 bits per heavy atom. The van der Waals surface area contributed by atoms with E-state index in [1.165, 1.54) is 0 Å². The molecule has 0 saturated carbocycles. The molecule has 7 nitrogen and oxygen atoms in total. The normalized spacial score (nSPS) is 15.9. The van der Waals surface area contributed by atoms with Crippen molar-refractivity contribution in [3.63, 3.8) is 0 Å². The van der Waals surface area contributed by atoms with E-state index in [1.54, 1.807) is 37.5 Å². The van der Waals surface area contributed by atoms with Crippen molar-refractivity contribution in [3.05, 3.63) is 47.2 Å². The summed E-state index contributed by atoms with van der Waals surface area (Å²) in [6, 6.07) is 8.98. The van der Waals surface area contributed by atoms with Crippen LogP contribution < -0.4 is 10.2 Å². The lowest BCUT2D eigenvalue weighted by molar-refractivity contribution is -0.157. The Morgan fingerprint density at radius 1 is 1.19 bits per heavy atom. The van der Waals surface area contributed by atoms with Gasteiger partial charge in [0.25, 0.3) is 5.91 Å². The van der Waals surface area contributed by atoms with Crippen molar-refractivity contribution in [1.82, 2.24) is 9.97 Å². The van der Waals surface area contributed by atoms with Crippen LogP contribution in [-0.4, -0.2) is 41.0 Å². The number of aromatic nitrogens is 2. The van der Waals surface area contributed by atoms with Gasteiger partial charge in [0.1, 0.15) is 0 Å². The Balaban J connectivity index is 1.47. The van der Waals surface area contributed by atoms with E-state index in [0.29, 0.717) is 37.6 Å². The van der Waals surface area contributed by atoms with Crippen molar-refractivity contribution in [3.8, 4) is 0 Å². The third-order valence-electron chi connectivity index (χ3n) is 4.44. The fourth-order valence-electron chi connectivity index (χ4n) is 2.87. The van der Waals surface area contributed by atoms with Crippen LogP contribution in [0.4, 0.5) is 11.6 Å². The van der Waals surface area contributed by atoms with Gasteiger partial charge in [0, 0.05) is 35.6 Å². The summed E-state index contributed by atoms with van der Waals surface area (Å²) in [4.78, 5) is 35.1. The summed E-state index contributed by atoms with van der Waals surface area (Å²) in [5.74, 6) is -0.220. The number of carbonyl (C=O) groups excluding carboxylic acids is 2. The minimum Gasteiger partial charge on any atom is -0.452 e. The first-order valence-electron chi connectivity index (χ1n) is 8.82. The van der Waals surface area contributed by atoms with E-state index in [-0.39, 0.29) is 17.8 Å². The van der Waals surface area contributed by atoms with Crippen LogP contribution in [0, 0.1) is 5.92 Å². The van der Waals surface area contributed by atoms with Gasteiger partial charge in [-0.3, -0.25) is 9.59 Å². The highest BCUT2D eigenvalue weighted by molar-refractivity contribution is 9.10. The fourth-order valence-corrected chi connectivity index (χ4v) is 3.14. The van der Waals surface area contributed by atoms with Crippen LogP contribution in [0.3, 0.4) is 0 Å². The van der Waals surface area contributed by atoms with Gasteiger partial charge in [-0.25, -0.2) is 9.97 Å². The maximum atomic E-state index is 12.4. The molecule has 1 aromatic heterocycles. The van der Waals surface area contributed by atoms with Crippen molar-refractivity contribution in [2.45, 2.75) is 25.9 Å². The monoisotopic (exact) mass is 432 g/mol. The van der Waals surface area contributed by atoms with Crippen molar-refractivity contribution in [2.24, 2.45) is 5.92 Å². The zero-order valence-corrected chi connectivity index (χ0v) is 16.6. The second-order valence-corrected chi connectivity index (χ2v) is 7.30. The number of nitrogens with one attached hydrogen (secondary N) is 1. The molecule has 2 heterocycles. The van der Waals surface area contributed by atoms with E-state index >= 15 is 0 Å². The second-order valence-electron chi connectivity index (χ2n) is 6.39. The van der Waals surface area contributed by atoms with Gasteiger partial charge in [-0.15, -0.1) is 0 Å². The van der Waals surface area contributed by atoms with Crippen molar-refractivity contribution in [2.75, 3.05) is 23.3 Å². The Labute approximate surface area is 166 Å². The van der Waals surface area contributed by atoms with Crippen molar-refractivity contribution in [1.29, 1.82) is 0 Å². The molecule has 0 aliphatic carbocycles. The number of rotatable bonds is 5. The maximum Gasteiger partial charge on any atom is 0.309 e. The summed E-state index contributed by atoms with van der Waals surface area (Å²) in [5.41, 5.74) is 0.655. The van der Waals surface area contributed by atoms with Crippen LogP contribution in [0.2, 0.25) is 0 Å². The zero-order chi connectivity index (χ0) is 19.2. The summed E-state index contributed by atoms with van der Waals surface area (Å²) in [6.07, 6.45) is 3.86. The van der Waals surface area contributed by atoms with Gasteiger partial charge in [-0.1, -0.05) is 15.9 Å². The number of amides is 1. The third kappa shape index (κ3) is 5.26. The predicted octanol–water partition coefficient (Wildman–Crippen LogP) is 3.03. The average molecular weight is 433 g/mol. The molecule has 3 rings (SSSR count). The molecule has 27 heavy (non-hydrogen) atoms. The number of carbonyl (C=O) groups is 2. The van der Waals surface area contributed by atoms with E-state index in [2.05, 4.69) is 31.2 Å². The number of benzene rings is 1. The molecule has 1 amide bonds. The predicted molar refractivity (Wildman–Crippen MR) is 105 cm³/mol. The van der Waals surface area contributed by atoms with Gasteiger partial charge in [0.05, 0.1) is 5.92 Å². The molecule has 0 radical (unpaired) electrons. The molecule has 2 aromatic rings. The lowest BCUT2D eigenvalue weighted by atomic mass is 9.97. The minimum absolute atomic E-state index is 0.215. The Kier molecular flexibility index (Phi) is 6.39. The molecule has 0 bridgehead atoms. The largest absolute Gasteiger partial charge is 0.452 e. The molecule has 1 fully saturated rings. The van der Waals surface area contributed by atoms with Crippen LogP contribution in [0.25, 0.3) is 0 Å². The number of hydrogen-bond acceptors (Lipinski definition) is 6. The summed E-state index contributed by atoms with van der Waals surface area (Å²) < 4.78 is 6.30. The van der Waals surface area contributed by atoms with Crippen molar-refractivity contribution < 1.29 is 14.3 Å².